The molecule has 0 unspecified atom stereocenters. The van der Waals surface area contributed by atoms with Crippen molar-refractivity contribution in [3.8, 4) is 0 Å². The van der Waals surface area contributed by atoms with Gasteiger partial charge in [-0.1, -0.05) is 30.3 Å². The minimum Gasteiger partial charge on any atom is -0.370 e. The predicted molar refractivity (Wildman–Crippen MR) is 66.0 cm³/mol. The Bertz CT molecular complexity index is 394. The summed E-state index contributed by atoms with van der Waals surface area (Å²) in [7, 11) is 0. The average molecular weight is 214 g/mol. The van der Waals surface area contributed by atoms with E-state index < -0.39 is 0 Å². The molecule has 0 amide bonds. The minimum atomic E-state index is 1.08. The maximum atomic E-state index is 3.46. The summed E-state index contributed by atoms with van der Waals surface area (Å²) in [6.07, 6.45) is 2.47. The molecule has 0 atom stereocenters. The van der Waals surface area contributed by atoms with Crippen molar-refractivity contribution in [3.05, 3.63) is 47.2 Å². The molecule has 0 bridgehead atoms. The summed E-state index contributed by atoms with van der Waals surface area (Å²) < 4.78 is 0. The largest absolute Gasteiger partial charge is 0.370 e. The Kier molecular flexibility index (Phi) is 2.66. The first-order valence-corrected chi connectivity index (χ1v) is 6.14. The van der Waals surface area contributed by atoms with Crippen LogP contribution in [0, 0.1) is 0 Å². The van der Waals surface area contributed by atoms with Gasteiger partial charge in [0.15, 0.2) is 0 Å². The maximum Gasteiger partial charge on any atom is 0.0426 e. The maximum absolute atomic E-state index is 3.46. The predicted octanol–water partition coefficient (Wildman–Crippen LogP) is 2.14. The van der Waals surface area contributed by atoms with Gasteiger partial charge < -0.3 is 10.2 Å². The van der Waals surface area contributed by atoms with Crippen molar-refractivity contribution in [2.75, 3.05) is 19.6 Å². The second-order valence-electron chi connectivity index (χ2n) is 4.63. The van der Waals surface area contributed by atoms with E-state index in [4.69, 9.17) is 0 Å². The number of nitrogens with one attached hydrogen (secondary N) is 1. The zero-order valence-electron chi connectivity index (χ0n) is 9.58. The minimum absolute atomic E-state index is 1.08. The highest BCUT2D eigenvalue weighted by Crippen LogP contribution is 2.28. The van der Waals surface area contributed by atoms with Gasteiger partial charge in [-0.25, -0.2) is 0 Å². The van der Waals surface area contributed by atoms with E-state index in [-0.39, 0.29) is 0 Å². The highest BCUT2D eigenvalue weighted by molar-refractivity contribution is 5.25. The van der Waals surface area contributed by atoms with Crippen LogP contribution in [0.1, 0.15) is 18.4 Å². The molecule has 84 valence electrons. The molecular weight excluding hydrogens is 196 g/mol. The second kappa shape index (κ2) is 4.30. The Morgan fingerprint density at radius 2 is 2.00 bits per heavy atom. The van der Waals surface area contributed by atoms with Crippen LogP contribution in [0.5, 0.6) is 0 Å². The molecule has 3 rings (SSSR count). The van der Waals surface area contributed by atoms with Gasteiger partial charge in [0.05, 0.1) is 0 Å². The molecular formula is C14H18N2. The molecule has 0 fully saturated rings. The average Bonchev–Trinajstić information content (AvgIpc) is 2.74. The number of hydrogen-bond acceptors (Lipinski definition) is 2. The lowest BCUT2D eigenvalue weighted by Gasteiger charge is -2.25. The fourth-order valence-electron chi connectivity index (χ4n) is 2.72. The van der Waals surface area contributed by atoms with Crippen LogP contribution in [0.2, 0.25) is 0 Å². The van der Waals surface area contributed by atoms with Gasteiger partial charge >= 0.3 is 0 Å². The molecule has 0 aromatic heterocycles. The van der Waals surface area contributed by atoms with Crippen LogP contribution < -0.4 is 5.32 Å². The molecule has 2 aliphatic rings. The van der Waals surface area contributed by atoms with Crippen molar-refractivity contribution in [3.63, 3.8) is 0 Å². The molecule has 1 N–H and O–H groups in total. The molecule has 0 radical (unpaired) electrons. The van der Waals surface area contributed by atoms with Gasteiger partial charge in [-0.15, -0.1) is 0 Å². The third kappa shape index (κ3) is 1.85. The quantitative estimate of drug-likeness (QED) is 0.811. The van der Waals surface area contributed by atoms with Crippen molar-refractivity contribution >= 4 is 0 Å². The lowest BCUT2D eigenvalue weighted by Crippen LogP contribution is -2.27. The van der Waals surface area contributed by atoms with Crippen molar-refractivity contribution in [2.45, 2.75) is 19.4 Å². The fraction of sp³-hybridized carbons (Fsp3) is 0.429. The van der Waals surface area contributed by atoms with Gasteiger partial charge in [-0.3, -0.25) is 0 Å². The summed E-state index contributed by atoms with van der Waals surface area (Å²) >= 11 is 0. The molecule has 0 aliphatic carbocycles. The van der Waals surface area contributed by atoms with E-state index in [2.05, 4.69) is 40.5 Å². The van der Waals surface area contributed by atoms with E-state index in [1.807, 2.05) is 0 Å². The Hall–Kier alpha value is -1.28. The van der Waals surface area contributed by atoms with Crippen LogP contribution in [0.25, 0.3) is 0 Å². The highest BCUT2D eigenvalue weighted by Gasteiger charge is 2.23. The van der Waals surface area contributed by atoms with Crippen LogP contribution >= 0.6 is 0 Å². The van der Waals surface area contributed by atoms with E-state index in [1.165, 1.54) is 24.9 Å². The van der Waals surface area contributed by atoms with E-state index in [0.29, 0.717) is 0 Å². The Balaban J connectivity index is 1.75. The molecule has 16 heavy (non-hydrogen) atoms. The zero-order chi connectivity index (χ0) is 10.8. The van der Waals surface area contributed by atoms with Crippen molar-refractivity contribution in [1.82, 2.24) is 10.2 Å². The summed E-state index contributed by atoms with van der Waals surface area (Å²) in [4.78, 5) is 2.56. The Morgan fingerprint density at radius 3 is 2.88 bits per heavy atom. The molecule has 0 saturated carbocycles. The molecule has 2 aliphatic heterocycles. The third-order valence-corrected chi connectivity index (χ3v) is 3.57. The summed E-state index contributed by atoms with van der Waals surface area (Å²) in [6, 6.07) is 10.8. The summed E-state index contributed by atoms with van der Waals surface area (Å²) in [6.45, 7) is 4.55. The SMILES string of the molecule is c1ccc(CN2CCC3=C2CCNC3)cc1. The number of benzene rings is 1. The molecule has 1 aromatic carbocycles. The van der Waals surface area contributed by atoms with Crippen LogP contribution in [-0.2, 0) is 6.54 Å². The normalized spacial score (nSPS) is 20.1. The summed E-state index contributed by atoms with van der Waals surface area (Å²) in [5.74, 6) is 0. The fourth-order valence-corrected chi connectivity index (χ4v) is 2.72. The topological polar surface area (TPSA) is 15.3 Å². The van der Waals surface area contributed by atoms with Crippen LogP contribution in [-0.4, -0.2) is 24.5 Å². The number of rotatable bonds is 2. The first-order valence-electron chi connectivity index (χ1n) is 6.14. The summed E-state index contributed by atoms with van der Waals surface area (Å²) in [5.41, 5.74) is 4.68. The lowest BCUT2D eigenvalue weighted by atomic mass is 10.1. The molecule has 2 heteroatoms. The van der Waals surface area contributed by atoms with Gasteiger partial charge in [0.25, 0.3) is 0 Å². The smallest absolute Gasteiger partial charge is 0.0426 e. The first kappa shape index (κ1) is 9.91. The Labute approximate surface area is 97.0 Å². The monoisotopic (exact) mass is 214 g/mol. The van der Waals surface area contributed by atoms with Gasteiger partial charge in [-0.2, -0.15) is 0 Å². The van der Waals surface area contributed by atoms with Crippen LogP contribution in [0.4, 0.5) is 0 Å². The van der Waals surface area contributed by atoms with Crippen LogP contribution in [0.15, 0.2) is 41.6 Å². The molecule has 0 spiro atoms. The van der Waals surface area contributed by atoms with Crippen LogP contribution in [0.3, 0.4) is 0 Å². The third-order valence-electron chi connectivity index (χ3n) is 3.57. The lowest BCUT2D eigenvalue weighted by molar-refractivity contribution is 0.354. The first-order chi connectivity index (χ1) is 7.93. The number of hydrogen-bond donors (Lipinski definition) is 1. The van der Waals surface area contributed by atoms with Crippen molar-refractivity contribution in [2.24, 2.45) is 0 Å². The zero-order valence-corrected chi connectivity index (χ0v) is 9.58. The second-order valence-corrected chi connectivity index (χ2v) is 4.63. The van der Waals surface area contributed by atoms with Crippen molar-refractivity contribution in [1.29, 1.82) is 0 Å². The van der Waals surface area contributed by atoms with E-state index in [0.717, 1.165) is 19.6 Å². The van der Waals surface area contributed by atoms with Gasteiger partial charge in [0, 0.05) is 31.9 Å². The van der Waals surface area contributed by atoms with E-state index >= 15 is 0 Å². The van der Waals surface area contributed by atoms with Gasteiger partial charge in [-0.05, 0) is 24.0 Å². The Morgan fingerprint density at radius 1 is 1.12 bits per heavy atom. The molecule has 0 saturated heterocycles. The van der Waals surface area contributed by atoms with E-state index in [9.17, 15) is 0 Å². The summed E-state index contributed by atoms with van der Waals surface area (Å²) in [5, 5.41) is 3.46. The molecule has 2 heterocycles. The number of nitrogens with zero attached hydrogens (tertiary/aromatic N) is 1. The standard InChI is InChI=1S/C14H18N2/c1-2-4-12(5-3-1)11-16-9-7-13-10-15-8-6-14(13)16/h1-5,15H,6-11H2. The molecule has 1 aromatic rings. The van der Waals surface area contributed by atoms with E-state index in [1.54, 1.807) is 11.3 Å². The highest BCUT2D eigenvalue weighted by atomic mass is 15.2. The van der Waals surface area contributed by atoms with Crippen molar-refractivity contribution < 1.29 is 0 Å². The molecule has 2 nitrogen and oxygen atoms in total. The van der Waals surface area contributed by atoms with Gasteiger partial charge in [0.1, 0.15) is 0 Å². The van der Waals surface area contributed by atoms with Gasteiger partial charge in [0.2, 0.25) is 0 Å².